The van der Waals surface area contributed by atoms with Crippen molar-refractivity contribution in [1.29, 1.82) is 0 Å². The van der Waals surface area contributed by atoms with Gasteiger partial charge < -0.3 is 14.8 Å². The summed E-state index contributed by atoms with van der Waals surface area (Å²) < 4.78 is 5.18. The van der Waals surface area contributed by atoms with E-state index in [4.69, 9.17) is 17.0 Å². The minimum Gasteiger partial charge on any atom is -0.495 e. The molecule has 0 fully saturated rings. The van der Waals surface area contributed by atoms with Gasteiger partial charge in [0.1, 0.15) is 11.3 Å². The number of hydrazone groups is 1. The maximum atomic E-state index is 11.6. The summed E-state index contributed by atoms with van der Waals surface area (Å²) in [4.78, 5) is 16.4. The minimum absolute atomic E-state index is 0.0269. The molecule has 0 spiro atoms. The summed E-state index contributed by atoms with van der Waals surface area (Å²) in [6.45, 7) is 0. The molecule has 0 radical (unpaired) electrons. The largest absolute Gasteiger partial charge is 0.495 e. The van der Waals surface area contributed by atoms with Crippen LogP contribution in [0.25, 0.3) is 0 Å². The van der Waals surface area contributed by atoms with Crippen LogP contribution in [0.1, 0.15) is 5.56 Å². The Kier molecular flexibility index (Phi) is 4.16. The Morgan fingerprint density at radius 3 is 2.85 bits per heavy atom. The maximum Gasteiger partial charge on any atom is 0.264 e. The number of ether oxygens (including phenoxy) is 1. The van der Waals surface area contributed by atoms with Gasteiger partial charge in [-0.05, 0) is 24.4 Å². The number of benzene rings is 1. The fourth-order valence-electron chi connectivity index (χ4n) is 1.51. The molecule has 7 nitrogen and oxygen atoms in total. The van der Waals surface area contributed by atoms with Crippen molar-refractivity contribution in [2.45, 2.75) is 0 Å². The van der Waals surface area contributed by atoms with Gasteiger partial charge in [-0.3, -0.25) is 15.2 Å². The van der Waals surface area contributed by atoms with Crippen LogP contribution in [0.15, 0.2) is 34.2 Å². The maximum absolute atomic E-state index is 11.6. The second-order valence-corrected chi connectivity index (χ2v) is 4.15. The van der Waals surface area contributed by atoms with Crippen LogP contribution in [0.2, 0.25) is 0 Å². The number of H-pyrrole nitrogens is 2. The summed E-state index contributed by atoms with van der Waals surface area (Å²) >= 11 is 4.72. The molecule has 0 saturated heterocycles. The van der Waals surface area contributed by atoms with Gasteiger partial charge >= 0.3 is 0 Å². The van der Waals surface area contributed by atoms with E-state index in [1.54, 1.807) is 12.1 Å². The van der Waals surface area contributed by atoms with Crippen molar-refractivity contribution in [1.82, 2.24) is 9.97 Å². The molecule has 4 N–H and O–H groups in total. The fourth-order valence-corrected chi connectivity index (χ4v) is 1.70. The van der Waals surface area contributed by atoms with Crippen LogP contribution in [-0.2, 0) is 0 Å². The van der Waals surface area contributed by atoms with Crippen molar-refractivity contribution in [3.8, 4) is 11.6 Å². The molecule has 0 amide bonds. The highest BCUT2D eigenvalue weighted by Gasteiger charge is 2.04. The molecule has 0 aliphatic heterocycles. The van der Waals surface area contributed by atoms with E-state index in [0.717, 1.165) is 0 Å². The first-order chi connectivity index (χ1) is 9.61. The topological polar surface area (TPSA) is 102 Å². The van der Waals surface area contributed by atoms with E-state index >= 15 is 0 Å². The van der Waals surface area contributed by atoms with E-state index in [2.05, 4.69) is 20.5 Å². The lowest BCUT2D eigenvalue weighted by atomic mass is 10.3. The second-order valence-electron chi connectivity index (χ2n) is 3.74. The number of rotatable bonds is 4. The Balaban J connectivity index is 2.23. The number of aromatic hydroxyl groups is 1. The van der Waals surface area contributed by atoms with Gasteiger partial charge in [-0.15, -0.1) is 0 Å². The number of hydrogen-bond acceptors (Lipinski definition) is 6. The summed E-state index contributed by atoms with van der Waals surface area (Å²) in [5.41, 5.74) is 2.80. The standard InChI is InChI=1S/C12H12N4O3S/c1-19-9-5-3-2-4-8(9)16-13-6-7-10(17)14-12(20)15-11(7)18/h2-6,16H,1H3,(H3,14,15,17,18,20)/b13-6+. The van der Waals surface area contributed by atoms with Crippen LogP contribution in [-0.4, -0.2) is 28.4 Å². The van der Waals surface area contributed by atoms with Crippen LogP contribution in [0.5, 0.6) is 11.6 Å². The number of aromatic amines is 2. The van der Waals surface area contributed by atoms with Gasteiger partial charge in [0.15, 0.2) is 4.77 Å². The summed E-state index contributed by atoms with van der Waals surface area (Å²) in [5.74, 6) is 0.263. The minimum atomic E-state index is -0.531. The average Bonchev–Trinajstić information content (AvgIpc) is 2.42. The molecule has 2 aromatic rings. The Bertz CT molecular complexity index is 751. The van der Waals surface area contributed by atoms with Crippen LogP contribution < -0.4 is 15.7 Å². The van der Waals surface area contributed by atoms with Crippen molar-refractivity contribution in [2.24, 2.45) is 5.10 Å². The monoisotopic (exact) mass is 292 g/mol. The average molecular weight is 292 g/mol. The first kappa shape index (κ1) is 13.8. The van der Waals surface area contributed by atoms with Gasteiger partial charge in [0.25, 0.3) is 5.56 Å². The van der Waals surface area contributed by atoms with Gasteiger partial charge in [0.2, 0.25) is 5.88 Å². The molecule has 0 aliphatic carbocycles. The van der Waals surface area contributed by atoms with Crippen LogP contribution in [0.3, 0.4) is 0 Å². The number of nitrogens with one attached hydrogen (secondary N) is 3. The van der Waals surface area contributed by atoms with E-state index in [1.807, 2.05) is 12.1 Å². The molecular formula is C12H12N4O3S. The summed E-state index contributed by atoms with van der Waals surface area (Å²) in [6.07, 6.45) is 1.19. The number of para-hydroxylation sites is 2. The molecule has 0 unspecified atom stereocenters. The number of anilines is 1. The van der Waals surface area contributed by atoms with E-state index in [1.165, 1.54) is 13.3 Å². The zero-order valence-electron chi connectivity index (χ0n) is 10.5. The number of methoxy groups -OCH3 is 1. The highest BCUT2D eigenvalue weighted by molar-refractivity contribution is 7.71. The van der Waals surface area contributed by atoms with Crippen molar-refractivity contribution < 1.29 is 9.84 Å². The van der Waals surface area contributed by atoms with Crippen molar-refractivity contribution in [3.05, 3.63) is 45.0 Å². The Labute approximate surface area is 119 Å². The molecular weight excluding hydrogens is 280 g/mol. The molecule has 0 bridgehead atoms. The molecule has 104 valence electrons. The van der Waals surface area contributed by atoms with E-state index < -0.39 is 5.56 Å². The number of nitrogens with zero attached hydrogens (tertiary/aromatic N) is 1. The molecule has 1 aromatic heterocycles. The molecule has 0 saturated carbocycles. The molecule has 0 atom stereocenters. The van der Waals surface area contributed by atoms with Crippen molar-refractivity contribution in [2.75, 3.05) is 12.5 Å². The predicted molar refractivity (Wildman–Crippen MR) is 78.1 cm³/mol. The zero-order chi connectivity index (χ0) is 14.5. The van der Waals surface area contributed by atoms with Gasteiger partial charge in [0, 0.05) is 0 Å². The first-order valence-electron chi connectivity index (χ1n) is 5.59. The lowest BCUT2D eigenvalue weighted by molar-refractivity contribution is 0.416. The SMILES string of the molecule is COc1ccccc1N/N=C/c1c(O)[nH]c(=S)[nH]c1=O. The van der Waals surface area contributed by atoms with Crippen LogP contribution >= 0.6 is 12.2 Å². The third-order valence-corrected chi connectivity index (χ3v) is 2.65. The molecule has 20 heavy (non-hydrogen) atoms. The van der Waals surface area contributed by atoms with E-state index in [9.17, 15) is 9.90 Å². The Hall–Kier alpha value is -2.61. The second kappa shape index (κ2) is 6.02. The molecule has 1 heterocycles. The first-order valence-corrected chi connectivity index (χ1v) is 6.00. The third kappa shape index (κ3) is 3.04. The van der Waals surface area contributed by atoms with Gasteiger partial charge in [-0.25, -0.2) is 0 Å². The molecule has 1 aromatic carbocycles. The lowest BCUT2D eigenvalue weighted by Gasteiger charge is -2.06. The molecule has 2 rings (SSSR count). The van der Waals surface area contributed by atoms with E-state index in [-0.39, 0.29) is 16.2 Å². The normalized spacial score (nSPS) is 10.7. The zero-order valence-corrected chi connectivity index (χ0v) is 11.3. The summed E-state index contributed by atoms with van der Waals surface area (Å²) in [6, 6.07) is 7.16. The number of hydrogen-bond donors (Lipinski definition) is 4. The number of aromatic nitrogens is 2. The summed E-state index contributed by atoms with van der Waals surface area (Å²) in [7, 11) is 1.54. The molecule has 8 heteroatoms. The highest BCUT2D eigenvalue weighted by Crippen LogP contribution is 2.22. The smallest absolute Gasteiger partial charge is 0.264 e. The van der Waals surface area contributed by atoms with Crippen LogP contribution in [0.4, 0.5) is 5.69 Å². The van der Waals surface area contributed by atoms with Gasteiger partial charge in [-0.1, -0.05) is 12.1 Å². The highest BCUT2D eigenvalue weighted by atomic mass is 32.1. The summed E-state index contributed by atoms with van der Waals surface area (Å²) in [5, 5.41) is 13.5. The lowest BCUT2D eigenvalue weighted by Crippen LogP contribution is -2.14. The third-order valence-electron chi connectivity index (χ3n) is 2.44. The van der Waals surface area contributed by atoms with Crippen LogP contribution in [0, 0.1) is 4.77 Å². The molecule has 0 aliphatic rings. The Morgan fingerprint density at radius 2 is 2.15 bits per heavy atom. The quantitative estimate of drug-likeness (QED) is 0.389. The predicted octanol–water partition coefficient (Wildman–Crippen LogP) is 1.59. The van der Waals surface area contributed by atoms with Crippen molar-refractivity contribution >= 4 is 24.1 Å². The van der Waals surface area contributed by atoms with Crippen molar-refractivity contribution in [3.63, 3.8) is 0 Å². The van der Waals surface area contributed by atoms with Gasteiger partial charge in [-0.2, -0.15) is 5.10 Å². The Morgan fingerprint density at radius 1 is 1.40 bits per heavy atom. The van der Waals surface area contributed by atoms with E-state index in [0.29, 0.717) is 11.4 Å². The van der Waals surface area contributed by atoms with Gasteiger partial charge in [0.05, 0.1) is 19.0 Å². The fraction of sp³-hybridized carbons (Fsp3) is 0.0833.